The van der Waals surface area contributed by atoms with Crippen LogP contribution in [0.3, 0.4) is 0 Å². The number of rotatable bonds is 8. The van der Waals surface area contributed by atoms with Crippen molar-refractivity contribution in [3.8, 4) is 34.5 Å². The molecule has 2 aromatic rings. The van der Waals surface area contributed by atoms with Gasteiger partial charge in [0, 0.05) is 23.3 Å². The van der Waals surface area contributed by atoms with Crippen molar-refractivity contribution in [1.29, 1.82) is 0 Å². The molecule has 46 heavy (non-hydrogen) atoms. The Labute approximate surface area is 259 Å². The van der Waals surface area contributed by atoms with E-state index >= 15 is 0 Å². The summed E-state index contributed by atoms with van der Waals surface area (Å²) in [6.07, 6.45) is -12.1. The van der Waals surface area contributed by atoms with Gasteiger partial charge in [0.1, 0.15) is 11.5 Å². The predicted molar refractivity (Wildman–Crippen MR) is 149 cm³/mol. The van der Waals surface area contributed by atoms with Gasteiger partial charge in [0.25, 0.3) is 0 Å². The van der Waals surface area contributed by atoms with Crippen LogP contribution in [0.1, 0.15) is 25.0 Å². The summed E-state index contributed by atoms with van der Waals surface area (Å²) < 4.78 is 119. The average molecular weight is 665 g/mol. The molecule has 0 saturated heterocycles. The molecule has 16 heteroatoms. The minimum Gasteiger partial charge on any atom is -0.493 e. The molecule has 0 aliphatic carbocycles. The lowest BCUT2D eigenvalue weighted by atomic mass is 10.0. The lowest BCUT2D eigenvalue weighted by molar-refractivity contribution is -0.188. The first kappa shape index (κ1) is 35.7. The molecule has 0 radical (unpaired) electrons. The van der Waals surface area contributed by atoms with Crippen molar-refractivity contribution in [3.05, 3.63) is 46.5 Å². The van der Waals surface area contributed by atoms with Crippen LogP contribution in [-0.2, 0) is 19.1 Å². The first-order valence-corrected chi connectivity index (χ1v) is 13.4. The van der Waals surface area contributed by atoms with Crippen LogP contribution < -0.4 is 28.4 Å². The molecule has 4 rings (SSSR count). The smallest absolute Gasteiger partial charge is 0.430 e. The molecular formula is C30H30F6O10. The summed E-state index contributed by atoms with van der Waals surface area (Å²) in [5.74, 6) is -1.21. The maximum absolute atomic E-state index is 13.2. The van der Waals surface area contributed by atoms with Crippen LogP contribution in [0, 0.1) is 0 Å². The Hall–Kier alpha value is -4.76. The Morgan fingerprint density at radius 3 is 1.17 bits per heavy atom. The fourth-order valence-electron chi connectivity index (χ4n) is 4.30. The van der Waals surface area contributed by atoms with E-state index in [4.69, 9.17) is 28.4 Å². The van der Waals surface area contributed by atoms with Crippen LogP contribution in [-0.4, -0.2) is 78.2 Å². The van der Waals surface area contributed by atoms with Gasteiger partial charge in [-0.05, 0) is 38.1 Å². The highest BCUT2D eigenvalue weighted by atomic mass is 19.4. The Bertz CT molecular complexity index is 1380. The Morgan fingerprint density at radius 1 is 0.609 bits per heavy atom. The molecule has 2 aromatic carbocycles. The lowest BCUT2D eigenvalue weighted by Gasteiger charge is -2.28. The second kappa shape index (κ2) is 14.6. The van der Waals surface area contributed by atoms with Gasteiger partial charge < -0.3 is 37.9 Å². The van der Waals surface area contributed by atoms with Crippen molar-refractivity contribution in [3.63, 3.8) is 0 Å². The highest BCUT2D eigenvalue weighted by Gasteiger charge is 2.50. The quantitative estimate of drug-likeness (QED) is 0.248. The van der Waals surface area contributed by atoms with Crippen LogP contribution >= 0.6 is 0 Å². The van der Waals surface area contributed by atoms with E-state index in [1.165, 1.54) is 66.6 Å². The van der Waals surface area contributed by atoms with Gasteiger partial charge in [0.2, 0.25) is 12.2 Å². The minimum absolute atomic E-state index is 0.0421. The third kappa shape index (κ3) is 7.90. The van der Waals surface area contributed by atoms with Crippen molar-refractivity contribution >= 4 is 24.1 Å². The number of benzene rings is 2. The molecule has 0 aromatic heterocycles. The Kier molecular flexibility index (Phi) is 11.3. The molecule has 0 saturated carbocycles. The summed E-state index contributed by atoms with van der Waals surface area (Å²) in [6.45, 7) is 2.93. The number of halogens is 6. The number of methoxy groups -OCH3 is 4. The lowest BCUT2D eigenvalue weighted by Crippen LogP contribution is -2.40. The molecule has 2 heterocycles. The fourth-order valence-corrected chi connectivity index (χ4v) is 4.30. The third-order valence-electron chi connectivity index (χ3n) is 6.33. The molecule has 0 N–H and O–H groups in total. The molecule has 252 valence electrons. The average Bonchev–Trinajstić information content (AvgIpc) is 3.01. The molecule has 10 nitrogen and oxygen atoms in total. The van der Waals surface area contributed by atoms with Gasteiger partial charge in [-0.15, -0.1) is 0 Å². The van der Waals surface area contributed by atoms with Crippen molar-refractivity contribution in [2.24, 2.45) is 0 Å². The SMILES string of the molecule is CCOC(=O)C1=Cc2cc(OC)c(OC)cc2OC1C(F)(F)F.CCOC(=O)C1=Cc2cc(OC)c(OC)cc2OC1C(F)(F)F. The van der Waals surface area contributed by atoms with Crippen molar-refractivity contribution in [1.82, 2.24) is 0 Å². The second-order valence-electron chi connectivity index (χ2n) is 9.21. The monoisotopic (exact) mass is 664 g/mol. The van der Waals surface area contributed by atoms with Crippen molar-refractivity contribution in [2.75, 3.05) is 41.7 Å². The van der Waals surface area contributed by atoms with Gasteiger partial charge in [-0.25, -0.2) is 9.59 Å². The van der Waals surface area contributed by atoms with Gasteiger partial charge in [0.05, 0.1) is 52.8 Å². The summed E-state index contributed by atoms with van der Waals surface area (Å²) >= 11 is 0. The predicted octanol–water partition coefficient (Wildman–Crippen LogP) is 5.95. The van der Waals surface area contributed by atoms with E-state index in [9.17, 15) is 35.9 Å². The summed E-state index contributed by atoms with van der Waals surface area (Å²) in [4.78, 5) is 23.6. The molecule has 2 unspecified atom stereocenters. The second-order valence-corrected chi connectivity index (χ2v) is 9.21. The molecule has 2 atom stereocenters. The zero-order valence-corrected chi connectivity index (χ0v) is 25.4. The first-order chi connectivity index (χ1) is 21.6. The standard InChI is InChI=1S/2C15H15F3O5/c2*1-4-22-14(19)9-5-8-6-11(20-2)12(21-3)7-10(8)23-13(9)15(16,17)18/h2*5-7,13H,4H2,1-3H3. The Morgan fingerprint density at radius 2 is 0.913 bits per heavy atom. The first-order valence-electron chi connectivity index (χ1n) is 13.4. The normalized spacial score (nSPS) is 16.8. The van der Waals surface area contributed by atoms with Crippen molar-refractivity contribution < 1.29 is 73.8 Å². The highest BCUT2D eigenvalue weighted by molar-refractivity contribution is 5.97. The summed E-state index contributed by atoms with van der Waals surface area (Å²) in [6, 6.07) is 5.43. The number of alkyl halides is 6. The number of ether oxygens (including phenoxy) is 8. The topological polar surface area (TPSA) is 108 Å². The van der Waals surface area contributed by atoms with Gasteiger partial charge >= 0.3 is 24.3 Å². The summed E-state index contributed by atoms with van der Waals surface area (Å²) in [5.41, 5.74) is -0.685. The van der Waals surface area contributed by atoms with Crippen LogP contribution in [0.5, 0.6) is 34.5 Å². The van der Waals surface area contributed by atoms with E-state index in [1.54, 1.807) is 0 Å². The number of carbonyl (C=O) groups is 2. The van der Waals surface area contributed by atoms with E-state index in [-0.39, 0.29) is 47.3 Å². The maximum atomic E-state index is 13.2. The van der Waals surface area contributed by atoms with Gasteiger partial charge in [-0.3, -0.25) is 0 Å². The molecule has 0 bridgehead atoms. The van der Waals surface area contributed by atoms with Crippen LogP contribution in [0.4, 0.5) is 26.3 Å². The maximum Gasteiger partial charge on any atom is 0.430 e. The van der Waals surface area contributed by atoms with Gasteiger partial charge in [0.15, 0.2) is 23.0 Å². The molecular weight excluding hydrogens is 634 g/mol. The van der Waals surface area contributed by atoms with Crippen molar-refractivity contribution in [2.45, 2.75) is 38.4 Å². The van der Waals surface area contributed by atoms with Crippen LogP contribution in [0.2, 0.25) is 0 Å². The fraction of sp³-hybridized carbons (Fsp3) is 0.400. The van der Waals surface area contributed by atoms with E-state index in [1.807, 2.05) is 0 Å². The number of hydrogen-bond donors (Lipinski definition) is 0. The van der Waals surface area contributed by atoms with Crippen LogP contribution in [0.15, 0.2) is 35.4 Å². The zero-order valence-electron chi connectivity index (χ0n) is 25.4. The molecule has 0 amide bonds. The molecule has 0 fully saturated rings. The summed E-state index contributed by atoms with van der Waals surface area (Å²) in [7, 11) is 5.49. The van der Waals surface area contributed by atoms with Crippen LogP contribution in [0.25, 0.3) is 12.2 Å². The molecule has 2 aliphatic rings. The largest absolute Gasteiger partial charge is 0.493 e. The number of hydrogen-bond acceptors (Lipinski definition) is 10. The van der Waals surface area contributed by atoms with E-state index in [0.29, 0.717) is 11.5 Å². The van der Waals surface area contributed by atoms with E-state index in [0.717, 1.165) is 12.2 Å². The number of carbonyl (C=O) groups excluding carboxylic acids is 2. The highest BCUT2D eigenvalue weighted by Crippen LogP contribution is 2.44. The third-order valence-corrected chi connectivity index (χ3v) is 6.33. The number of esters is 2. The molecule has 0 spiro atoms. The van der Waals surface area contributed by atoms with Gasteiger partial charge in [-0.2, -0.15) is 26.3 Å². The van der Waals surface area contributed by atoms with E-state index in [2.05, 4.69) is 9.47 Å². The zero-order chi connectivity index (χ0) is 34.4. The minimum atomic E-state index is -4.76. The van der Waals surface area contributed by atoms with Gasteiger partial charge in [-0.1, -0.05) is 0 Å². The molecule has 2 aliphatic heterocycles. The summed E-state index contributed by atoms with van der Waals surface area (Å²) in [5, 5.41) is 0. The Balaban J connectivity index is 0.000000250. The number of fused-ring (bicyclic) bond motifs is 2. The van der Waals surface area contributed by atoms with E-state index < -0.39 is 47.6 Å².